The summed E-state index contributed by atoms with van der Waals surface area (Å²) in [5.74, 6) is 1.05. The molecule has 1 rings (SSSR count). The molecule has 0 fully saturated rings. The molecule has 0 saturated carbocycles. The fourth-order valence-electron chi connectivity index (χ4n) is 1.70. The van der Waals surface area contributed by atoms with Gasteiger partial charge in [-0.25, -0.2) is 4.98 Å². The highest BCUT2D eigenvalue weighted by atomic mass is 16.1. The second-order valence-electron chi connectivity index (χ2n) is 5.24. The summed E-state index contributed by atoms with van der Waals surface area (Å²) in [6.45, 7) is 12.1. The van der Waals surface area contributed by atoms with E-state index in [9.17, 15) is 4.79 Å². The average Bonchev–Trinajstić information content (AvgIpc) is 2.45. The zero-order valence-corrected chi connectivity index (χ0v) is 10.5. The Morgan fingerprint density at radius 2 is 1.93 bits per heavy atom. The minimum atomic E-state index is -0.0298. The molecular weight excluding hydrogens is 188 g/mol. The number of hydrogen-bond acceptors (Lipinski definition) is 2. The molecule has 0 aliphatic heterocycles. The molecule has 0 aliphatic rings. The van der Waals surface area contributed by atoms with Crippen LogP contribution in [0.3, 0.4) is 0 Å². The highest BCUT2D eigenvalue weighted by molar-refractivity contribution is 5.92. The van der Waals surface area contributed by atoms with Crippen LogP contribution in [-0.2, 0) is 5.41 Å². The third kappa shape index (κ3) is 2.28. The molecule has 84 valence electrons. The van der Waals surface area contributed by atoms with Crippen molar-refractivity contribution in [1.29, 1.82) is 0 Å². The van der Waals surface area contributed by atoms with Crippen LogP contribution in [0.25, 0.3) is 0 Å². The number of rotatable bonds is 2. The monoisotopic (exact) mass is 208 g/mol. The lowest BCUT2D eigenvalue weighted by Crippen LogP contribution is -2.22. The van der Waals surface area contributed by atoms with Gasteiger partial charge in [0, 0.05) is 18.4 Å². The molecule has 0 aromatic carbocycles. The van der Waals surface area contributed by atoms with Crippen LogP contribution >= 0.6 is 0 Å². The first-order valence-corrected chi connectivity index (χ1v) is 5.33. The molecule has 0 amide bonds. The second-order valence-corrected chi connectivity index (χ2v) is 5.24. The first-order valence-electron chi connectivity index (χ1n) is 5.33. The first kappa shape index (κ1) is 12.0. The van der Waals surface area contributed by atoms with Crippen LogP contribution in [-0.4, -0.2) is 15.3 Å². The van der Waals surface area contributed by atoms with Crippen molar-refractivity contribution < 1.29 is 4.79 Å². The third-order valence-electron chi connectivity index (χ3n) is 2.34. The fraction of sp³-hybridized carbons (Fsp3) is 0.667. The lowest BCUT2D eigenvalue weighted by atomic mass is 9.95. The van der Waals surface area contributed by atoms with Crippen molar-refractivity contribution in [1.82, 2.24) is 9.55 Å². The van der Waals surface area contributed by atoms with Crippen LogP contribution in [0.15, 0.2) is 6.20 Å². The standard InChI is InChI=1S/C12H20N2O/c1-8(2)14-10(9(3)15)7-13-11(14)12(4,5)6/h7-8H,1-6H3. The lowest BCUT2D eigenvalue weighted by Gasteiger charge is -2.23. The van der Waals surface area contributed by atoms with Crippen molar-refractivity contribution >= 4 is 5.78 Å². The van der Waals surface area contributed by atoms with E-state index in [4.69, 9.17) is 0 Å². The molecule has 0 unspecified atom stereocenters. The molecule has 0 radical (unpaired) electrons. The van der Waals surface area contributed by atoms with E-state index in [1.54, 1.807) is 13.1 Å². The molecule has 0 spiro atoms. The van der Waals surface area contributed by atoms with Crippen molar-refractivity contribution in [3.8, 4) is 0 Å². The van der Waals surface area contributed by atoms with Gasteiger partial charge >= 0.3 is 0 Å². The Labute approximate surface area is 91.5 Å². The summed E-state index contributed by atoms with van der Waals surface area (Å²) in [6.07, 6.45) is 1.68. The second kappa shape index (κ2) is 3.80. The number of imidazole rings is 1. The van der Waals surface area contributed by atoms with E-state index in [1.807, 2.05) is 4.57 Å². The van der Waals surface area contributed by atoms with Gasteiger partial charge in [-0.3, -0.25) is 4.79 Å². The summed E-state index contributed by atoms with van der Waals surface area (Å²) in [7, 11) is 0. The lowest BCUT2D eigenvalue weighted by molar-refractivity contribution is 0.100. The van der Waals surface area contributed by atoms with Gasteiger partial charge in [0.05, 0.1) is 6.20 Å². The summed E-state index contributed by atoms with van der Waals surface area (Å²) in [4.78, 5) is 15.8. The predicted octanol–water partition coefficient (Wildman–Crippen LogP) is 2.96. The maximum atomic E-state index is 11.5. The van der Waals surface area contributed by atoms with Crippen molar-refractivity contribution in [3.05, 3.63) is 17.7 Å². The minimum absolute atomic E-state index is 0.0298. The minimum Gasteiger partial charge on any atom is -0.323 e. The first-order chi connectivity index (χ1) is 6.75. The third-order valence-corrected chi connectivity index (χ3v) is 2.34. The van der Waals surface area contributed by atoms with Crippen molar-refractivity contribution in [2.75, 3.05) is 0 Å². The van der Waals surface area contributed by atoms with Crippen molar-refractivity contribution in [2.24, 2.45) is 0 Å². The zero-order chi connectivity index (χ0) is 11.8. The van der Waals surface area contributed by atoms with E-state index >= 15 is 0 Å². The molecule has 0 atom stereocenters. The fourth-order valence-corrected chi connectivity index (χ4v) is 1.70. The van der Waals surface area contributed by atoms with Crippen LogP contribution in [0.2, 0.25) is 0 Å². The summed E-state index contributed by atoms with van der Waals surface area (Å²) in [5, 5.41) is 0. The quantitative estimate of drug-likeness (QED) is 0.700. The number of carbonyl (C=O) groups excluding carboxylic acids is 1. The number of Topliss-reactive ketones (excluding diaryl/α,β-unsaturated/α-hetero) is 1. The topological polar surface area (TPSA) is 34.9 Å². The van der Waals surface area contributed by atoms with Gasteiger partial charge in [-0.15, -0.1) is 0 Å². The van der Waals surface area contributed by atoms with Gasteiger partial charge in [-0.2, -0.15) is 0 Å². The van der Waals surface area contributed by atoms with Crippen molar-refractivity contribution in [2.45, 2.75) is 53.0 Å². The van der Waals surface area contributed by atoms with Gasteiger partial charge in [0.25, 0.3) is 0 Å². The SMILES string of the molecule is CC(=O)c1cnc(C(C)(C)C)n1C(C)C. The number of aromatic nitrogens is 2. The molecule has 1 aromatic rings. The summed E-state index contributed by atoms with van der Waals surface area (Å²) < 4.78 is 2.03. The maximum absolute atomic E-state index is 11.5. The Bertz CT molecular complexity index is 369. The van der Waals surface area contributed by atoms with E-state index in [0.29, 0.717) is 5.69 Å². The highest BCUT2D eigenvalue weighted by Gasteiger charge is 2.24. The summed E-state index contributed by atoms with van der Waals surface area (Å²) in [6, 6.07) is 0.264. The van der Waals surface area contributed by atoms with Gasteiger partial charge in [0.15, 0.2) is 5.78 Å². The molecular formula is C12H20N2O. The smallest absolute Gasteiger partial charge is 0.177 e. The number of ketones is 1. The van der Waals surface area contributed by atoms with E-state index in [-0.39, 0.29) is 17.2 Å². The van der Waals surface area contributed by atoms with Crippen LogP contribution in [0.5, 0.6) is 0 Å². The Hall–Kier alpha value is -1.12. The maximum Gasteiger partial charge on any atom is 0.177 e. The van der Waals surface area contributed by atoms with E-state index < -0.39 is 0 Å². The van der Waals surface area contributed by atoms with Gasteiger partial charge in [-0.05, 0) is 13.8 Å². The van der Waals surface area contributed by atoms with E-state index in [0.717, 1.165) is 5.82 Å². The predicted molar refractivity (Wildman–Crippen MR) is 61.3 cm³/mol. The number of carbonyl (C=O) groups is 1. The molecule has 1 aromatic heterocycles. The molecule has 3 nitrogen and oxygen atoms in total. The van der Waals surface area contributed by atoms with Crippen LogP contribution in [0.1, 0.15) is 63.9 Å². The Morgan fingerprint density at radius 1 is 1.40 bits per heavy atom. The Balaban J connectivity index is 3.37. The van der Waals surface area contributed by atoms with Crippen LogP contribution in [0, 0.1) is 0 Å². The largest absolute Gasteiger partial charge is 0.323 e. The highest BCUT2D eigenvalue weighted by Crippen LogP contribution is 2.25. The molecule has 0 N–H and O–H groups in total. The van der Waals surface area contributed by atoms with Gasteiger partial charge in [-0.1, -0.05) is 20.8 Å². The van der Waals surface area contributed by atoms with Crippen molar-refractivity contribution in [3.63, 3.8) is 0 Å². The van der Waals surface area contributed by atoms with E-state index in [2.05, 4.69) is 39.6 Å². The molecule has 15 heavy (non-hydrogen) atoms. The Kier molecular flexibility index (Phi) is 3.03. The number of hydrogen-bond donors (Lipinski definition) is 0. The molecule has 3 heteroatoms. The molecule has 0 bridgehead atoms. The normalized spacial score (nSPS) is 12.2. The van der Waals surface area contributed by atoms with Gasteiger partial charge < -0.3 is 4.57 Å². The van der Waals surface area contributed by atoms with Crippen LogP contribution in [0.4, 0.5) is 0 Å². The number of nitrogens with zero attached hydrogens (tertiary/aromatic N) is 2. The van der Waals surface area contributed by atoms with Gasteiger partial charge in [0.1, 0.15) is 11.5 Å². The van der Waals surface area contributed by atoms with Gasteiger partial charge in [0.2, 0.25) is 0 Å². The molecule has 1 heterocycles. The Morgan fingerprint density at radius 3 is 2.27 bits per heavy atom. The van der Waals surface area contributed by atoms with E-state index in [1.165, 1.54) is 0 Å². The zero-order valence-electron chi connectivity index (χ0n) is 10.5. The van der Waals surface area contributed by atoms with Crippen LogP contribution < -0.4 is 0 Å². The molecule has 0 saturated heterocycles. The summed E-state index contributed by atoms with van der Waals surface area (Å²) >= 11 is 0. The average molecular weight is 208 g/mol. The summed E-state index contributed by atoms with van der Waals surface area (Å²) in [5.41, 5.74) is 0.674. The molecule has 0 aliphatic carbocycles.